The van der Waals surface area contributed by atoms with E-state index in [1.165, 1.54) is 0 Å². The van der Waals surface area contributed by atoms with Gasteiger partial charge in [-0.15, -0.1) is 11.1 Å². The van der Waals surface area contributed by atoms with Gasteiger partial charge >= 0.3 is 7.63 Å². The second kappa shape index (κ2) is 6.52. The second-order valence-corrected chi connectivity index (χ2v) is 10.00. The Labute approximate surface area is 94.3 Å². The van der Waals surface area contributed by atoms with Gasteiger partial charge in [0.15, 0.2) is 0 Å². The van der Waals surface area contributed by atoms with Crippen LogP contribution in [0.25, 0.3) is 0 Å². The van der Waals surface area contributed by atoms with E-state index >= 15 is 0 Å². The van der Waals surface area contributed by atoms with Gasteiger partial charge in [0.25, 0.3) is 0 Å². The molecule has 0 aromatic carbocycles. The first-order valence-electron chi connectivity index (χ1n) is 5.46. The van der Waals surface area contributed by atoms with Crippen LogP contribution in [0.4, 0.5) is 0 Å². The first-order valence-corrected chi connectivity index (χ1v) is 8.54. The summed E-state index contributed by atoms with van der Waals surface area (Å²) in [6, 6.07) is 0. The summed E-state index contributed by atoms with van der Waals surface area (Å²) in [5, 5.41) is 0. The largest absolute Gasteiger partial charge is 0.535 e. The Morgan fingerprint density at radius 2 is 1.71 bits per heavy atom. The molecule has 0 unspecified atom stereocenters. The standard InChI is InChI=1S/C11H23ClOSi/c1-6-7-8-9-13-14(12,10(2)3)11(4)5/h8-11H,6-7H2,1-5H3/b9-8+. The second-order valence-electron chi connectivity index (χ2n) is 4.29. The maximum Gasteiger partial charge on any atom is 0.351 e. The van der Waals surface area contributed by atoms with Gasteiger partial charge in [-0.3, -0.25) is 0 Å². The summed E-state index contributed by atoms with van der Waals surface area (Å²) in [6.45, 7) is 10.7. The van der Waals surface area contributed by atoms with Crippen molar-refractivity contribution in [2.24, 2.45) is 0 Å². The van der Waals surface area contributed by atoms with E-state index in [0.29, 0.717) is 11.1 Å². The highest BCUT2D eigenvalue weighted by atomic mass is 35.6. The van der Waals surface area contributed by atoms with E-state index in [2.05, 4.69) is 40.7 Å². The zero-order valence-electron chi connectivity index (χ0n) is 10.0. The summed E-state index contributed by atoms with van der Waals surface area (Å²) < 4.78 is 5.78. The molecule has 0 aliphatic heterocycles. The molecule has 0 spiro atoms. The van der Waals surface area contributed by atoms with Gasteiger partial charge in [0, 0.05) is 0 Å². The number of unbranched alkanes of at least 4 members (excludes halogenated alkanes) is 1. The summed E-state index contributed by atoms with van der Waals surface area (Å²) in [7, 11) is -2.07. The van der Waals surface area contributed by atoms with E-state index in [0.717, 1.165) is 12.8 Å². The maximum atomic E-state index is 6.55. The van der Waals surface area contributed by atoms with Gasteiger partial charge in [-0.2, -0.15) is 0 Å². The number of allylic oxidation sites excluding steroid dienone is 1. The molecule has 0 aromatic rings. The van der Waals surface area contributed by atoms with Crippen LogP contribution in [-0.4, -0.2) is 7.63 Å². The van der Waals surface area contributed by atoms with Crippen molar-refractivity contribution in [2.45, 2.75) is 58.5 Å². The van der Waals surface area contributed by atoms with Crippen molar-refractivity contribution < 1.29 is 4.43 Å². The lowest BCUT2D eigenvalue weighted by molar-refractivity contribution is 0.452. The Hall–Kier alpha value is 0.0469. The molecule has 0 saturated carbocycles. The third-order valence-electron chi connectivity index (χ3n) is 2.37. The van der Waals surface area contributed by atoms with E-state index in [1.54, 1.807) is 0 Å². The Bertz CT molecular complexity index is 170. The first-order chi connectivity index (χ1) is 6.45. The lowest BCUT2D eigenvalue weighted by Gasteiger charge is -2.30. The average molecular weight is 235 g/mol. The molecule has 0 aromatic heterocycles. The smallest absolute Gasteiger partial charge is 0.351 e. The van der Waals surface area contributed by atoms with Crippen molar-refractivity contribution in [3.05, 3.63) is 12.3 Å². The van der Waals surface area contributed by atoms with E-state index in [4.69, 9.17) is 15.5 Å². The maximum absolute atomic E-state index is 6.55. The Morgan fingerprint density at radius 3 is 2.07 bits per heavy atom. The van der Waals surface area contributed by atoms with Crippen LogP contribution in [0.1, 0.15) is 47.5 Å². The van der Waals surface area contributed by atoms with Crippen LogP contribution in [0.3, 0.4) is 0 Å². The quantitative estimate of drug-likeness (QED) is 0.364. The van der Waals surface area contributed by atoms with E-state index in [-0.39, 0.29) is 0 Å². The highest BCUT2D eigenvalue weighted by molar-refractivity contribution is 7.18. The van der Waals surface area contributed by atoms with Crippen LogP contribution < -0.4 is 0 Å². The SMILES string of the molecule is CCC/C=C/O[Si](Cl)(C(C)C)C(C)C. The molecule has 0 atom stereocenters. The van der Waals surface area contributed by atoms with Crippen molar-refractivity contribution >= 4 is 18.7 Å². The summed E-state index contributed by atoms with van der Waals surface area (Å²) in [5.74, 6) is 0. The van der Waals surface area contributed by atoms with E-state index < -0.39 is 7.63 Å². The normalized spacial score (nSPS) is 13.1. The number of halogens is 1. The highest BCUT2D eigenvalue weighted by Gasteiger charge is 2.41. The van der Waals surface area contributed by atoms with Crippen LogP contribution in [-0.2, 0) is 4.43 Å². The van der Waals surface area contributed by atoms with Crippen LogP contribution >= 0.6 is 11.1 Å². The molecule has 14 heavy (non-hydrogen) atoms. The molecule has 0 saturated heterocycles. The number of hydrogen-bond donors (Lipinski definition) is 0. The lowest BCUT2D eigenvalue weighted by Crippen LogP contribution is -2.37. The molecule has 1 nitrogen and oxygen atoms in total. The minimum Gasteiger partial charge on any atom is -0.535 e. The molecule has 0 bridgehead atoms. The zero-order chi connectivity index (χ0) is 11.2. The van der Waals surface area contributed by atoms with Gasteiger partial charge in [0.2, 0.25) is 0 Å². The van der Waals surface area contributed by atoms with Gasteiger partial charge < -0.3 is 4.43 Å². The molecular formula is C11H23ClOSi. The molecule has 0 amide bonds. The molecule has 0 heterocycles. The van der Waals surface area contributed by atoms with Gasteiger partial charge in [-0.05, 0) is 17.5 Å². The van der Waals surface area contributed by atoms with Crippen molar-refractivity contribution in [1.29, 1.82) is 0 Å². The molecule has 0 fully saturated rings. The summed E-state index contributed by atoms with van der Waals surface area (Å²) >= 11 is 6.55. The van der Waals surface area contributed by atoms with Crippen LogP contribution in [0.2, 0.25) is 11.1 Å². The zero-order valence-corrected chi connectivity index (χ0v) is 11.8. The summed E-state index contributed by atoms with van der Waals surface area (Å²) in [4.78, 5) is 0. The predicted octanol–water partition coefficient (Wildman–Crippen LogP) is 4.82. The van der Waals surface area contributed by atoms with Gasteiger partial charge in [-0.25, -0.2) is 0 Å². The minimum atomic E-state index is -2.07. The van der Waals surface area contributed by atoms with Crippen LogP contribution in [0.5, 0.6) is 0 Å². The third-order valence-corrected chi connectivity index (χ3v) is 8.91. The average Bonchev–Trinajstić information content (AvgIpc) is 2.11. The van der Waals surface area contributed by atoms with Crippen molar-refractivity contribution in [3.63, 3.8) is 0 Å². The van der Waals surface area contributed by atoms with Gasteiger partial charge in [0.05, 0.1) is 6.26 Å². The Morgan fingerprint density at radius 1 is 1.21 bits per heavy atom. The first kappa shape index (κ1) is 14.0. The molecule has 0 rings (SSSR count). The highest BCUT2D eigenvalue weighted by Crippen LogP contribution is 2.36. The van der Waals surface area contributed by atoms with Crippen LogP contribution in [0, 0.1) is 0 Å². The van der Waals surface area contributed by atoms with Crippen molar-refractivity contribution in [1.82, 2.24) is 0 Å². The monoisotopic (exact) mass is 234 g/mol. The topological polar surface area (TPSA) is 9.23 Å². The molecule has 0 aliphatic rings. The third kappa shape index (κ3) is 4.05. The van der Waals surface area contributed by atoms with E-state index in [9.17, 15) is 0 Å². The fourth-order valence-corrected chi connectivity index (χ4v) is 3.66. The fourth-order valence-electron chi connectivity index (χ4n) is 1.33. The fraction of sp³-hybridized carbons (Fsp3) is 0.818. The molecule has 0 radical (unpaired) electrons. The number of rotatable bonds is 6. The van der Waals surface area contributed by atoms with Crippen LogP contribution in [0.15, 0.2) is 12.3 Å². The summed E-state index contributed by atoms with van der Waals surface area (Å²) in [6.07, 6.45) is 6.09. The number of hydrogen-bond acceptors (Lipinski definition) is 1. The van der Waals surface area contributed by atoms with Crippen molar-refractivity contribution in [3.8, 4) is 0 Å². The molecule has 0 aliphatic carbocycles. The Kier molecular flexibility index (Phi) is 6.54. The summed E-state index contributed by atoms with van der Waals surface area (Å²) in [5.41, 5.74) is 0.880. The van der Waals surface area contributed by atoms with Gasteiger partial charge in [-0.1, -0.05) is 47.1 Å². The molecular weight excluding hydrogens is 212 g/mol. The van der Waals surface area contributed by atoms with Gasteiger partial charge in [0.1, 0.15) is 0 Å². The minimum absolute atomic E-state index is 0.440. The van der Waals surface area contributed by atoms with Crippen molar-refractivity contribution in [2.75, 3.05) is 0 Å². The van der Waals surface area contributed by atoms with E-state index in [1.807, 2.05) is 6.26 Å². The molecule has 0 N–H and O–H groups in total. The Balaban J connectivity index is 4.24. The lowest BCUT2D eigenvalue weighted by atomic mass is 10.3. The molecule has 3 heteroatoms. The predicted molar refractivity (Wildman–Crippen MR) is 66.9 cm³/mol. The molecule has 84 valence electrons.